The lowest BCUT2D eigenvalue weighted by atomic mass is 9.77. The van der Waals surface area contributed by atoms with E-state index in [1.807, 2.05) is 0 Å². The van der Waals surface area contributed by atoms with Crippen molar-refractivity contribution in [2.75, 3.05) is 5.32 Å². The van der Waals surface area contributed by atoms with Crippen molar-refractivity contribution in [3.05, 3.63) is 41.3 Å². The van der Waals surface area contributed by atoms with Gasteiger partial charge in [-0.25, -0.2) is 17.6 Å². The van der Waals surface area contributed by atoms with E-state index in [2.05, 4.69) is 25.0 Å². The van der Waals surface area contributed by atoms with Crippen molar-refractivity contribution in [3.8, 4) is 0 Å². The molecule has 28 heavy (non-hydrogen) atoms. The van der Waals surface area contributed by atoms with E-state index in [-0.39, 0.29) is 5.82 Å². The lowest BCUT2D eigenvalue weighted by Gasteiger charge is -2.42. The third-order valence-electron chi connectivity index (χ3n) is 4.64. The molecule has 0 bridgehead atoms. The van der Waals surface area contributed by atoms with E-state index in [0.29, 0.717) is 0 Å². The van der Waals surface area contributed by atoms with E-state index in [9.17, 15) is 18.0 Å². The number of carbonyl (C=O) groups is 1. The molecule has 0 spiro atoms. The van der Waals surface area contributed by atoms with Gasteiger partial charge in [0.05, 0.1) is 12.1 Å². The average Bonchev–Trinajstić information content (AvgIpc) is 3.01. The summed E-state index contributed by atoms with van der Waals surface area (Å²) in [6, 6.07) is 3.49. The van der Waals surface area contributed by atoms with Crippen LogP contribution >= 0.6 is 0 Å². The number of amidine groups is 1. The Morgan fingerprint density at radius 1 is 1.29 bits per heavy atom. The molecule has 3 N–H and O–H groups in total. The maximum absolute atomic E-state index is 15.0. The zero-order valence-electron chi connectivity index (χ0n) is 15.2. The highest BCUT2D eigenvalue weighted by Crippen LogP contribution is 2.50. The minimum atomic E-state index is -3.74. The Hall–Kier alpha value is -2.98. The highest BCUT2D eigenvalue weighted by molar-refractivity contribution is 6.01. The molecule has 150 valence electrons. The summed E-state index contributed by atoms with van der Waals surface area (Å²) < 4.78 is 63.5. The van der Waals surface area contributed by atoms with Gasteiger partial charge in [-0.3, -0.25) is 9.79 Å². The van der Waals surface area contributed by atoms with E-state index in [1.54, 1.807) is 0 Å². The van der Waals surface area contributed by atoms with Gasteiger partial charge in [-0.2, -0.15) is 4.98 Å². The fraction of sp³-hybridized carbons (Fsp3) is 0.412. The molecule has 3 rings (SSSR count). The SMILES string of the molecule is Cc1noc(C(=O)Nc2cccc([C@@]3(C)N=C(N)[C@@](C)(F)CC3(F)F)c2F)n1. The maximum atomic E-state index is 15.0. The number of nitrogens with two attached hydrogens (primary N) is 1. The van der Waals surface area contributed by atoms with Gasteiger partial charge in [0.15, 0.2) is 22.8 Å². The predicted octanol–water partition coefficient (Wildman–Crippen LogP) is 3.11. The number of amides is 1. The highest BCUT2D eigenvalue weighted by atomic mass is 19.3. The van der Waals surface area contributed by atoms with Crippen LogP contribution in [0.15, 0.2) is 27.7 Å². The Kier molecular flexibility index (Phi) is 4.43. The predicted molar refractivity (Wildman–Crippen MR) is 91.4 cm³/mol. The van der Waals surface area contributed by atoms with Crippen LogP contribution in [0.5, 0.6) is 0 Å². The van der Waals surface area contributed by atoms with Gasteiger partial charge in [0.1, 0.15) is 5.84 Å². The number of aryl methyl sites for hydroxylation is 1. The summed E-state index contributed by atoms with van der Waals surface area (Å²) >= 11 is 0. The second-order valence-corrected chi connectivity index (χ2v) is 6.92. The Morgan fingerprint density at radius 3 is 2.57 bits per heavy atom. The van der Waals surface area contributed by atoms with Crippen LogP contribution in [0, 0.1) is 12.7 Å². The topological polar surface area (TPSA) is 106 Å². The molecule has 2 aromatic rings. The number of aliphatic imine (C=N–C) groups is 1. The van der Waals surface area contributed by atoms with Gasteiger partial charge in [-0.15, -0.1) is 0 Å². The summed E-state index contributed by atoms with van der Waals surface area (Å²) in [7, 11) is 0. The van der Waals surface area contributed by atoms with Crippen LogP contribution in [-0.4, -0.2) is 33.5 Å². The van der Waals surface area contributed by atoms with Crippen molar-refractivity contribution < 1.29 is 26.9 Å². The number of hydrogen-bond donors (Lipinski definition) is 2. The molecular formula is C17H17F4N5O2. The van der Waals surface area contributed by atoms with Crippen molar-refractivity contribution in [3.63, 3.8) is 0 Å². The largest absolute Gasteiger partial charge is 0.385 e. The first kappa shape index (κ1) is 19.8. The lowest BCUT2D eigenvalue weighted by molar-refractivity contribution is -0.106. The maximum Gasteiger partial charge on any atom is 0.316 e. The normalized spacial score (nSPS) is 26.6. The molecule has 1 aliphatic rings. The first-order valence-corrected chi connectivity index (χ1v) is 8.20. The minimum Gasteiger partial charge on any atom is -0.385 e. The van der Waals surface area contributed by atoms with Gasteiger partial charge in [-0.1, -0.05) is 17.3 Å². The van der Waals surface area contributed by atoms with Crippen molar-refractivity contribution in [2.24, 2.45) is 10.7 Å². The van der Waals surface area contributed by atoms with Crippen molar-refractivity contribution in [2.45, 2.75) is 44.3 Å². The molecular weight excluding hydrogens is 382 g/mol. The van der Waals surface area contributed by atoms with Crippen LogP contribution in [0.1, 0.15) is 42.3 Å². The van der Waals surface area contributed by atoms with Crippen LogP contribution < -0.4 is 11.1 Å². The molecule has 0 fully saturated rings. The number of nitrogens with one attached hydrogen (secondary N) is 1. The zero-order valence-corrected chi connectivity index (χ0v) is 15.2. The minimum absolute atomic E-state index is 0.188. The molecule has 0 unspecified atom stereocenters. The van der Waals surface area contributed by atoms with Crippen LogP contribution in [0.4, 0.5) is 23.2 Å². The Labute approximate surface area is 157 Å². The molecule has 2 heterocycles. The van der Waals surface area contributed by atoms with Crippen LogP contribution in [0.3, 0.4) is 0 Å². The molecule has 1 amide bonds. The number of carbonyl (C=O) groups excluding carboxylic acids is 1. The second kappa shape index (κ2) is 6.28. The Morgan fingerprint density at radius 2 is 1.96 bits per heavy atom. The van der Waals surface area contributed by atoms with E-state index < -0.39 is 58.3 Å². The fourth-order valence-corrected chi connectivity index (χ4v) is 2.95. The third-order valence-corrected chi connectivity index (χ3v) is 4.64. The van der Waals surface area contributed by atoms with Gasteiger partial charge in [0, 0.05) is 5.56 Å². The average molecular weight is 399 g/mol. The number of aromatic nitrogens is 2. The summed E-state index contributed by atoms with van der Waals surface area (Å²) in [4.78, 5) is 19.4. The molecule has 0 saturated heterocycles. The highest BCUT2D eigenvalue weighted by Gasteiger charge is 2.60. The molecule has 7 nitrogen and oxygen atoms in total. The number of rotatable bonds is 3. The number of halogens is 4. The summed E-state index contributed by atoms with van der Waals surface area (Å²) in [5, 5.41) is 5.62. The standard InChI is InChI=1S/C17H17F4N5O2/c1-8-23-13(28-26-8)12(27)24-10-6-4-5-9(11(10)18)16(3)17(20,21)7-15(2,19)14(22)25-16/h4-6H,7H2,1-3H3,(H2,22,25)(H,24,27)/t15-,16+/m0/s1. The summed E-state index contributed by atoms with van der Waals surface area (Å²) in [6.45, 7) is 3.33. The van der Waals surface area contributed by atoms with Crippen LogP contribution in [0.25, 0.3) is 0 Å². The summed E-state index contributed by atoms with van der Waals surface area (Å²) in [5.41, 5.74) is -0.426. The van der Waals surface area contributed by atoms with Gasteiger partial charge in [0.2, 0.25) is 0 Å². The number of anilines is 1. The van der Waals surface area contributed by atoms with E-state index in [4.69, 9.17) is 5.73 Å². The lowest BCUT2D eigenvalue weighted by Crippen LogP contribution is -2.56. The molecule has 1 aromatic carbocycles. The number of benzene rings is 1. The van der Waals surface area contributed by atoms with Crippen molar-refractivity contribution >= 4 is 17.4 Å². The smallest absolute Gasteiger partial charge is 0.316 e. The quantitative estimate of drug-likeness (QED) is 0.772. The van der Waals surface area contributed by atoms with E-state index in [0.717, 1.165) is 26.0 Å². The van der Waals surface area contributed by atoms with Gasteiger partial charge in [0.25, 0.3) is 5.92 Å². The summed E-state index contributed by atoms with van der Waals surface area (Å²) in [6.07, 6.45) is -1.26. The van der Waals surface area contributed by atoms with Crippen LogP contribution in [-0.2, 0) is 5.54 Å². The van der Waals surface area contributed by atoms with E-state index in [1.165, 1.54) is 13.0 Å². The number of nitrogens with zero attached hydrogens (tertiary/aromatic N) is 3. The Bertz CT molecular complexity index is 972. The summed E-state index contributed by atoms with van der Waals surface area (Å²) in [5.74, 6) is -6.72. The van der Waals surface area contributed by atoms with Gasteiger partial charge < -0.3 is 15.6 Å². The fourth-order valence-electron chi connectivity index (χ4n) is 2.95. The molecule has 0 radical (unpaired) electrons. The Balaban J connectivity index is 2.03. The first-order valence-electron chi connectivity index (χ1n) is 8.20. The van der Waals surface area contributed by atoms with Crippen molar-refractivity contribution in [1.82, 2.24) is 10.1 Å². The second-order valence-electron chi connectivity index (χ2n) is 6.92. The monoisotopic (exact) mass is 399 g/mol. The molecule has 1 aliphatic heterocycles. The molecule has 11 heteroatoms. The van der Waals surface area contributed by atoms with Gasteiger partial charge in [-0.05, 0) is 26.8 Å². The van der Waals surface area contributed by atoms with Crippen molar-refractivity contribution in [1.29, 1.82) is 0 Å². The third kappa shape index (κ3) is 3.10. The number of alkyl halides is 3. The van der Waals surface area contributed by atoms with Crippen LogP contribution in [0.2, 0.25) is 0 Å². The van der Waals surface area contributed by atoms with E-state index >= 15 is 4.39 Å². The zero-order chi connectivity index (χ0) is 20.9. The first-order chi connectivity index (χ1) is 12.9. The molecule has 1 aromatic heterocycles. The van der Waals surface area contributed by atoms with Gasteiger partial charge >= 0.3 is 11.8 Å². The molecule has 0 aliphatic carbocycles. The molecule has 0 saturated carbocycles. The number of hydrogen-bond acceptors (Lipinski definition) is 6. The molecule has 2 atom stereocenters.